The van der Waals surface area contributed by atoms with Gasteiger partial charge < -0.3 is 10.0 Å². The molecule has 1 amide bonds. The van der Waals surface area contributed by atoms with Gasteiger partial charge >= 0.3 is 0 Å². The van der Waals surface area contributed by atoms with Gasteiger partial charge in [0.25, 0.3) is 5.91 Å². The van der Waals surface area contributed by atoms with E-state index in [9.17, 15) is 4.79 Å². The molecule has 2 heterocycles. The number of hydrogen-bond acceptors (Lipinski definition) is 4. The van der Waals surface area contributed by atoms with E-state index in [4.69, 9.17) is 5.11 Å². The first-order valence-electron chi connectivity index (χ1n) is 6.85. The molecular formula is C14H18N4O2. The number of aliphatic hydroxyl groups is 1. The summed E-state index contributed by atoms with van der Waals surface area (Å²) in [7, 11) is 0. The summed E-state index contributed by atoms with van der Waals surface area (Å²) in [5.41, 5.74) is 1.38. The largest absolute Gasteiger partial charge is 0.395 e. The number of carbonyl (C=O) groups excluding carboxylic acids is 1. The molecular weight excluding hydrogens is 256 g/mol. The highest BCUT2D eigenvalue weighted by Crippen LogP contribution is 2.17. The molecule has 0 spiro atoms. The van der Waals surface area contributed by atoms with E-state index in [0.717, 1.165) is 24.0 Å². The summed E-state index contributed by atoms with van der Waals surface area (Å²) in [5.74, 6) is -0.0221. The second kappa shape index (κ2) is 5.60. The van der Waals surface area contributed by atoms with Gasteiger partial charge in [-0.25, -0.2) is 0 Å². The lowest BCUT2D eigenvalue weighted by atomic mass is 10.2. The van der Waals surface area contributed by atoms with E-state index in [0.29, 0.717) is 25.3 Å². The Hall–Kier alpha value is -1.92. The van der Waals surface area contributed by atoms with Crippen molar-refractivity contribution in [1.82, 2.24) is 20.0 Å². The molecule has 1 aromatic carbocycles. The first kappa shape index (κ1) is 13.1. The maximum Gasteiger partial charge on any atom is 0.275 e. The third-order valence-corrected chi connectivity index (χ3v) is 3.75. The van der Waals surface area contributed by atoms with Crippen molar-refractivity contribution < 1.29 is 9.90 Å². The Kier molecular flexibility index (Phi) is 3.66. The van der Waals surface area contributed by atoms with Crippen molar-refractivity contribution in [1.29, 1.82) is 0 Å². The monoisotopic (exact) mass is 274 g/mol. The second-order valence-electron chi connectivity index (χ2n) is 4.98. The Morgan fingerprint density at radius 2 is 2.00 bits per heavy atom. The quantitative estimate of drug-likeness (QED) is 0.845. The van der Waals surface area contributed by atoms with Gasteiger partial charge in [0.2, 0.25) is 0 Å². The van der Waals surface area contributed by atoms with E-state index in [1.54, 1.807) is 0 Å². The highest BCUT2D eigenvalue weighted by Gasteiger charge is 2.24. The van der Waals surface area contributed by atoms with Crippen molar-refractivity contribution in [2.45, 2.75) is 0 Å². The predicted octanol–water partition coefficient (Wildman–Crippen LogP) is 0.313. The van der Waals surface area contributed by atoms with Gasteiger partial charge in [0, 0.05) is 38.1 Å². The molecule has 0 radical (unpaired) electrons. The maximum atomic E-state index is 12.5. The summed E-state index contributed by atoms with van der Waals surface area (Å²) in [6.07, 6.45) is 0. The van der Waals surface area contributed by atoms with Crippen LogP contribution in [0, 0.1) is 0 Å². The number of benzene rings is 1. The third-order valence-electron chi connectivity index (χ3n) is 3.75. The van der Waals surface area contributed by atoms with Gasteiger partial charge in [0.1, 0.15) is 0 Å². The van der Waals surface area contributed by atoms with Gasteiger partial charge in [-0.15, -0.1) is 0 Å². The molecule has 0 atom stereocenters. The molecule has 1 aromatic heterocycles. The third kappa shape index (κ3) is 2.39. The van der Waals surface area contributed by atoms with Crippen LogP contribution in [0.25, 0.3) is 10.9 Å². The number of piperazine rings is 1. The number of hydrogen-bond donors (Lipinski definition) is 2. The molecule has 20 heavy (non-hydrogen) atoms. The molecule has 1 aliphatic rings. The van der Waals surface area contributed by atoms with Crippen molar-refractivity contribution in [3.05, 3.63) is 30.0 Å². The molecule has 0 bridgehead atoms. The summed E-state index contributed by atoms with van der Waals surface area (Å²) >= 11 is 0. The number of aromatic nitrogens is 2. The smallest absolute Gasteiger partial charge is 0.275 e. The van der Waals surface area contributed by atoms with Crippen LogP contribution in [0.1, 0.15) is 10.5 Å². The molecule has 0 aliphatic carbocycles. The van der Waals surface area contributed by atoms with Crippen LogP contribution in [-0.2, 0) is 0 Å². The van der Waals surface area contributed by atoms with E-state index >= 15 is 0 Å². The molecule has 6 heteroatoms. The molecule has 1 aliphatic heterocycles. The van der Waals surface area contributed by atoms with E-state index < -0.39 is 0 Å². The van der Waals surface area contributed by atoms with Gasteiger partial charge in [-0.05, 0) is 6.07 Å². The van der Waals surface area contributed by atoms with E-state index in [1.165, 1.54) is 0 Å². The number of fused-ring (bicyclic) bond motifs is 1. The maximum absolute atomic E-state index is 12.5. The minimum absolute atomic E-state index is 0.0221. The fraction of sp³-hybridized carbons (Fsp3) is 0.429. The lowest BCUT2D eigenvalue weighted by Gasteiger charge is -2.34. The number of amides is 1. The molecule has 2 N–H and O–H groups in total. The van der Waals surface area contributed by atoms with Crippen LogP contribution in [0.3, 0.4) is 0 Å². The van der Waals surface area contributed by atoms with Crippen molar-refractivity contribution in [2.75, 3.05) is 39.3 Å². The van der Waals surface area contributed by atoms with Crippen molar-refractivity contribution in [3.63, 3.8) is 0 Å². The normalized spacial score (nSPS) is 16.8. The second-order valence-corrected chi connectivity index (χ2v) is 4.98. The Morgan fingerprint density at radius 3 is 2.75 bits per heavy atom. The number of para-hydroxylation sites is 1. The molecule has 6 nitrogen and oxygen atoms in total. The van der Waals surface area contributed by atoms with Gasteiger partial charge in [0.05, 0.1) is 12.1 Å². The molecule has 1 saturated heterocycles. The fourth-order valence-electron chi connectivity index (χ4n) is 2.59. The average molecular weight is 274 g/mol. The first-order chi connectivity index (χ1) is 9.79. The zero-order chi connectivity index (χ0) is 13.9. The summed E-state index contributed by atoms with van der Waals surface area (Å²) < 4.78 is 0. The Balaban J connectivity index is 1.74. The minimum atomic E-state index is -0.0221. The summed E-state index contributed by atoms with van der Waals surface area (Å²) in [4.78, 5) is 16.5. The van der Waals surface area contributed by atoms with Crippen molar-refractivity contribution in [2.24, 2.45) is 0 Å². The highest BCUT2D eigenvalue weighted by atomic mass is 16.3. The topological polar surface area (TPSA) is 72.5 Å². The number of β-amino-alcohol motifs (C(OH)–C–C–N with tert-alkyl or cyclic N) is 1. The number of nitrogens with one attached hydrogen (secondary N) is 1. The summed E-state index contributed by atoms with van der Waals surface area (Å²) in [6, 6.07) is 7.66. The average Bonchev–Trinajstić information content (AvgIpc) is 2.92. The van der Waals surface area contributed by atoms with Crippen LogP contribution in [0.5, 0.6) is 0 Å². The van der Waals surface area contributed by atoms with Crippen LogP contribution in [0.2, 0.25) is 0 Å². The van der Waals surface area contributed by atoms with Crippen molar-refractivity contribution >= 4 is 16.8 Å². The first-order valence-corrected chi connectivity index (χ1v) is 6.85. The number of rotatable bonds is 3. The SMILES string of the molecule is O=C(c1n[nH]c2ccccc12)N1CCN(CCO)CC1. The van der Waals surface area contributed by atoms with Crippen LogP contribution >= 0.6 is 0 Å². The fourth-order valence-corrected chi connectivity index (χ4v) is 2.59. The van der Waals surface area contributed by atoms with Gasteiger partial charge in [0.15, 0.2) is 5.69 Å². The van der Waals surface area contributed by atoms with E-state index in [1.807, 2.05) is 29.2 Å². The Labute approximate surface area is 117 Å². The van der Waals surface area contributed by atoms with E-state index in [-0.39, 0.29) is 12.5 Å². The highest BCUT2D eigenvalue weighted by molar-refractivity contribution is 6.04. The standard InChI is InChI=1S/C14H18N4O2/c19-10-9-17-5-7-18(8-6-17)14(20)13-11-3-1-2-4-12(11)15-16-13/h1-4,19H,5-10H2,(H,15,16). The number of aromatic amines is 1. The predicted molar refractivity (Wildman–Crippen MR) is 75.5 cm³/mol. The molecule has 0 unspecified atom stereocenters. The van der Waals surface area contributed by atoms with Gasteiger partial charge in [-0.3, -0.25) is 14.8 Å². The molecule has 0 saturated carbocycles. The molecule has 1 fully saturated rings. The van der Waals surface area contributed by atoms with Gasteiger partial charge in [-0.1, -0.05) is 18.2 Å². The lowest BCUT2D eigenvalue weighted by Crippen LogP contribution is -2.49. The number of aliphatic hydroxyl groups excluding tert-OH is 1. The van der Waals surface area contributed by atoms with Crippen LogP contribution in [0.15, 0.2) is 24.3 Å². The number of H-pyrrole nitrogens is 1. The van der Waals surface area contributed by atoms with Gasteiger partial charge in [-0.2, -0.15) is 5.10 Å². The molecule has 3 rings (SSSR count). The van der Waals surface area contributed by atoms with Crippen LogP contribution < -0.4 is 0 Å². The van der Waals surface area contributed by atoms with E-state index in [2.05, 4.69) is 15.1 Å². The lowest BCUT2D eigenvalue weighted by molar-refractivity contribution is 0.0611. The molecule has 106 valence electrons. The number of carbonyl (C=O) groups is 1. The minimum Gasteiger partial charge on any atom is -0.395 e. The van der Waals surface area contributed by atoms with Crippen molar-refractivity contribution in [3.8, 4) is 0 Å². The summed E-state index contributed by atoms with van der Waals surface area (Å²) in [5, 5.41) is 16.8. The Bertz CT molecular complexity index is 602. The van der Waals surface area contributed by atoms with Crippen LogP contribution in [0.4, 0.5) is 0 Å². The Morgan fingerprint density at radius 1 is 1.25 bits per heavy atom. The summed E-state index contributed by atoms with van der Waals surface area (Å²) in [6.45, 7) is 3.80. The zero-order valence-corrected chi connectivity index (χ0v) is 11.2. The van der Waals surface area contributed by atoms with Crippen LogP contribution in [-0.4, -0.2) is 70.3 Å². The zero-order valence-electron chi connectivity index (χ0n) is 11.2. The number of nitrogens with zero attached hydrogens (tertiary/aromatic N) is 3. The molecule has 2 aromatic rings.